The van der Waals surface area contributed by atoms with Crippen LogP contribution in [0.3, 0.4) is 0 Å². The molecule has 0 amide bonds. The molecule has 0 bridgehead atoms. The standard InChI is InChI=1S/C11H20N4S/c1-4-13-11(14-12)15(9(2)3)8-10-6-5-7-16-10/h5-7,9H,4,8,12H2,1-3H3,(H,13,14). The summed E-state index contributed by atoms with van der Waals surface area (Å²) in [5.41, 5.74) is 2.68. The number of thiophene rings is 1. The highest BCUT2D eigenvalue weighted by Crippen LogP contribution is 2.13. The number of aliphatic imine (C=N–C) groups is 1. The van der Waals surface area contributed by atoms with Crippen molar-refractivity contribution in [1.29, 1.82) is 0 Å². The summed E-state index contributed by atoms with van der Waals surface area (Å²) in [5.74, 6) is 6.26. The summed E-state index contributed by atoms with van der Waals surface area (Å²) in [6.07, 6.45) is 0. The van der Waals surface area contributed by atoms with Crippen molar-refractivity contribution in [1.82, 2.24) is 10.3 Å². The molecule has 0 aromatic carbocycles. The Balaban J connectivity index is 2.78. The van der Waals surface area contributed by atoms with Gasteiger partial charge in [0, 0.05) is 17.5 Å². The normalized spacial score (nSPS) is 11.9. The summed E-state index contributed by atoms with van der Waals surface area (Å²) in [6.45, 7) is 7.85. The van der Waals surface area contributed by atoms with E-state index in [1.165, 1.54) is 4.88 Å². The van der Waals surface area contributed by atoms with Gasteiger partial charge in [0.25, 0.3) is 0 Å². The molecule has 0 aliphatic rings. The summed E-state index contributed by atoms with van der Waals surface area (Å²) in [4.78, 5) is 7.83. The molecule has 1 rings (SSSR count). The average Bonchev–Trinajstić information content (AvgIpc) is 2.75. The van der Waals surface area contributed by atoms with Crippen LogP contribution in [0, 0.1) is 0 Å². The number of hydrogen-bond donors (Lipinski definition) is 2. The van der Waals surface area contributed by atoms with Crippen molar-refractivity contribution in [2.75, 3.05) is 6.54 Å². The van der Waals surface area contributed by atoms with Crippen molar-refractivity contribution in [2.24, 2.45) is 10.8 Å². The topological polar surface area (TPSA) is 53.6 Å². The van der Waals surface area contributed by atoms with Crippen molar-refractivity contribution in [3.8, 4) is 0 Å². The first-order valence-corrected chi connectivity index (χ1v) is 6.37. The Kier molecular flexibility index (Phi) is 5.28. The van der Waals surface area contributed by atoms with Crippen molar-refractivity contribution in [3.63, 3.8) is 0 Å². The average molecular weight is 240 g/mol. The molecule has 90 valence electrons. The van der Waals surface area contributed by atoms with Crippen molar-refractivity contribution >= 4 is 17.3 Å². The highest BCUT2D eigenvalue weighted by Gasteiger charge is 2.14. The summed E-state index contributed by atoms with van der Waals surface area (Å²) in [5, 5.41) is 2.08. The summed E-state index contributed by atoms with van der Waals surface area (Å²) in [7, 11) is 0. The molecule has 1 aromatic heterocycles. The van der Waals surface area contributed by atoms with Gasteiger partial charge in [0.05, 0.1) is 6.54 Å². The van der Waals surface area contributed by atoms with Gasteiger partial charge in [0.15, 0.2) is 0 Å². The monoisotopic (exact) mass is 240 g/mol. The minimum atomic E-state index is 0.364. The Bertz CT molecular complexity index is 319. The lowest BCUT2D eigenvalue weighted by Gasteiger charge is -2.28. The highest BCUT2D eigenvalue weighted by molar-refractivity contribution is 7.09. The van der Waals surface area contributed by atoms with E-state index in [1.54, 1.807) is 11.3 Å². The zero-order chi connectivity index (χ0) is 12.0. The second-order valence-corrected chi connectivity index (χ2v) is 4.78. The molecule has 1 heterocycles. The fraction of sp³-hybridized carbons (Fsp3) is 0.545. The SMILES string of the molecule is CCN=C(NN)N(Cc1cccs1)C(C)C. The van der Waals surface area contributed by atoms with Crippen LogP contribution in [-0.2, 0) is 6.54 Å². The van der Waals surface area contributed by atoms with E-state index < -0.39 is 0 Å². The molecule has 0 aliphatic heterocycles. The van der Waals surface area contributed by atoms with E-state index in [2.05, 4.69) is 46.7 Å². The maximum absolute atomic E-state index is 5.51. The minimum Gasteiger partial charge on any atom is -0.334 e. The third kappa shape index (κ3) is 3.50. The number of guanidine groups is 1. The molecule has 0 fully saturated rings. The zero-order valence-electron chi connectivity index (χ0n) is 10.1. The Morgan fingerprint density at radius 3 is 2.81 bits per heavy atom. The number of nitrogens with two attached hydrogens (primary N) is 1. The van der Waals surface area contributed by atoms with Gasteiger partial charge in [-0.2, -0.15) is 0 Å². The Labute approximate surface area is 101 Å². The van der Waals surface area contributed by atoms with Crippen LogP contribution >= 0.6 is 11.3 Å². The summed E-state index contributed by atoms with van der Waals surface area (Å²) in [6, 6.07) is 4.55. The fourth-order valence-electron chi connectivity index (χ4n) is 1.44. The lowest BCUT2D eigenvalue weighted by atomic mass is 10.3. The van der Waals surface area contributed by atoms with Crippen molar-refractivity contribution in [2.45, 2.75) is 33.4 Å². The molecule has 0 radical (unpaired) electrons. The van der Waals surface area contributed by atoms with E-state index in [0.717, 1.165) is 19.0 Å². The van der Waals surface area contributed by atoms with E-state index >= 15 is 0 Å². The van der Waals surface area contributed by atoms with Gasteiger partial charge in [-0.3, -0.25) is 10.4 Å². The Hall–Kier alpha value is -1.07. The molecule has 5 heteroatoms. The second-order valence-electron chi connectivity index (χ2n) is 3.74. The van der Waals surface area contributed by atoms with Gasteiger partial charge in [0.1, 0.15) is 0 Å². The van der Waals surface area contributed by atoms with Gasteiger partial charge in [0.2, 0.25) is 5.96 Å². The van der Waals surface area contributed by atoms with E-state index in [0.29, 0.717) is 6.04 Å². The summed E-state index contributed by atoms with van der Waals surface area (Å²) < 4.78 is 0. The lowest BCUT2D eigenvalue weighted by molar-refractivity contribution is 0.332. The first-order valence-electron chi connectivity index (χ1n) is 5.49. The fourth-order valence-corrected chi connectivity index (χ4v) is 2.14. The molecule has 0 saturated heterocycles. The Morgan fingerprint density at radius 1 is 1.62 bits per heavy atom. The maximum atomic E-state index is 5.51. The predicted molar refractivity (Wildman–Crippen MR) is 70.3 cm³/mol. The first kappa shape index (κ1) is 13.0. The number of nitrogens with one attached hydrogen (secondary N) is 1. The molecule has 0 unspecified atom stereocenters. The van der Waals surface area contributed by atoms with Gasteiger partial charge >= 0.3 is 0 Å². The molecule has 0 saturated carbocycles. The van der Waals surface area contributed by atoms with Crippen LogP contribution in [0.25, 0.3) is 0 Å². The molecule has 16 heavy (non-hydrogen) atoms. The predicted octanol–water partition coefficient (Wildman–Crippen LogP) is 1.80. The highest BCUT2D eigenvalue weighted by atomic mass is 32.1. The van der Waals surface area contributed by atoms with Crippen molar-refractivity contribution < 1.29 is 0 Å². The van der Waals surface area contributed by atoms with Gasteiger partial charge in [-0.05, 0) is 32.2 Å². The molecule has 4 nitrogen and oxygen atoms in total. The quantitative estimate of drug-likeness (QED) is 0.365. The number of rotatable bonds is 4. The molecular weight excluding hydrogens is 220 g/mol. The minimum absolute atomic E-state index is 0.364. The van der Waals surface area contributed by atoms with Crippen LogP contribution in [0.5, 0.6) is 0 Å². The van der Waals surface area contributed by atoms with Gasteiger partial charge in [-0.25, -0.2) is 5.84 Å². The lowest BCUT2D eigenvalue weighted by Crippen LogP contribution is -2.47. The number of hydrogen-bond acceptors (Lipinski definition) is 3. The van der Waals surface area contributed by atoms with Crippen LogP contribution in [0.15, 0.2) is 22.5 Å². The van der Waals surface area contributed by atoms with Gasteiger partial charge in [-0.15, -0.1) is 11.3 Å². The van der Waals surface area contributed by atoms with Gasteiger partial charge in [-0.1, -0.05) is 6.07 Å². The number of nitrogens with zero attached hydrogens (tertiary/aromatic N) is 2. The molecular formula is C11H20N4S. The van der Waals surface area contributed by atoms with Crippen LogP contribution in [0.1, 0.15) is 25.6 Å². The van der Waals surface area contributed by atoms with Crippen molar-refractivity contribution in [3.05, 3.63) is 22.4 Å². The van der Waals surface area contributed by atoms with E-state index in [1.807, 2.05) is 6.92 Å². The third-order valence-corrected chi connectivity index (χ3v) is 3.10. The summed E-state index contributed by atoms with van der Waals surface area (Å²) >= 11 is 1.75. The van der Waals surface area contributed by atoms with Crippen LogP contribution in [0.4, 0.5) is 0 Å². The van der Waals surface area contributed by atoms with E-state index in [9.17, 15) is 0 Å². The largest absolute Gasteiger partial charge is 0.334 e. The van der Waals surface area contributed by atoms with E-state index in [4.69, 9.17) is 5.84 Å². The third-order valence-electron chi connectivity index (χ3n) is 2.24. The van der Waals surface area contributed by atoms with E-state index in [-0.39, 0.29) is 0 Å². The number of hydrazine groups is 1. The Morgan fingerprint density at radius 2 is 2.38 bits per heavy atom. The van der Waals surface area contributed by atoms with Crippen LogP contribution in [0.2, 0.25) is 0 Å². The molecule has 0 atom stereocenters. The van der Waals surface area contributed by atoms with Gasteiger partial charge < -0.3 is 4.90 Å². The second kappa shape index (κ2) is 6.50. The van der Waals surface area contributed by atoms with Crippen LogP contribution in [-0.4, -0.2) is 23.4 Å². The van der Waals surface area contributed by atoms with Crippen LogP contribution < -0.4 is 11.3 Å². The molecule has 3 N–H and O–H groups in total. The molecule has 1 aromatic rings. The smallest absolute Gasteiger partial charge is 0.208 e. The zero-order valence-corrected chi connectivity index (χ0v) is 10.9. The first-order chi connectivity index (χ1) is 7.69. The maximum Gasteiger partial charge on any atom is 0.208 e. The molecule has 0 aliphatic carbocycles. The molecule has 0 spiro atoms.